The number of pyridine rings is 1. The number of carboxylic acid groups (broad SMARTS) is 1. The Balaban J connectivity index is 2.72. The van der Waals surface area contributed by atoms with Crippen LogP contribution in [0.1, 0.15) is 5.69 Å². The summed E-state index contributed by atoms with van der Waals surface area (Å²) in [5.41, 5.74) is 0.516. The van der Waals surface area contributed by atoms with Crippen molar-refractivity contribution in [2.24, 2.45) is 0 Å². The Hall–Kier alpha value is -2.50. The number of methoxy groups -OCH3 is 2. The minimum absolute atomic E-state index is 0.250. The number of ether oxygens (including phenoxy) is 2. The maximum atomic E-state index is 12.0. The number of aromatic amines is 1. The van der Waals surface area contributed by atoms with E-state index >= 15 is 0 Å². The van der Waals surface area contributed by atoms with Crippen LogP contribution in [0.5, 0.6) is 11.5 Å². The molecule has 0 saturated carbocycles. The Morgan fingerprint density at radius 1 is 1.26 bits per heavy atom. The average Bonchev–Trinajstić information content (AvgIpc) is 2.37. The van der Waals surface area contributed by atoms with Crippen molar-refractivity contribution >= 4 is 16.9 Å². The highest BCUT2D eigenvalue weighted by Gasteiger charge is 2.11. The lowest BCUT2D eigenvalue weighted by molar-refractivity contribution is -0.136. The lowest BCUT2D eigenvalue weighted by Gasteiger charge is -2.09. The molecule has 0 spiro atoms. The molecule has 0 aliphatic rings. The van der Waals surface area contributed by atoms with E-state index in [0.29, 0.717) is 28.1 Å². The van der Waals surface area contributed by atoms with Crippen LogP contribution in [0, 0.1) is 0 Å². The van der Waals surface area contributed by atoms with E-state index in [1.165, 1.54) is 20.3 Å². The normalized spacial score (nSPS) is 10.4. The fraction of sp³-hybridized carbons (Fsp3) is 0.231. The van der Waals surface area contributed by atoms with E-state index in [9.17, 15) is 9.59 Å². The van der Waals surface area contributed by atoms with E-state index in [0.717, 1.165) is 0 Å². The molecule has 1 heterocycles. The van der Waals surface area contributed by atoms with Crippen LogP contribution < -0.4 is 14.9 Å². The molecular weight excluding hydrogens is 250 g/mol. The standard InChI is InChI=1S/C13H13NO5/c1-18-8-5-9-10(15)3-7(4-12(16)17)14-13(9)11(6-8)19-2/h3,5-6H,4H2,1-2H3,(H,14,15)(H,16,17). The summed E-state index contributed by atoms with van der Waals surface area (Å²) in [7, 11) is 2.96. The zero-order valence-electron chi connectivity index (χ0n) is 10.5. The maximum Gasteiger partial charge on any atom is 0.309 e. The van der Waals surface area contributed by atoms with E-state index in [2.05, 4.69) is 4.98 Å². The largest absolute Gasteiger partial charge is 0.497 e. The minimum Gasteiger partial charge on any atom is -0.497 e. The second-order valence-electron chi connectivity index (χ2n) is 3.98. The Bertz CT molecular complexity index is 689. The molecule has 0 atom stereocenters. The molecule has 1 aromatic heterocycles. The molecular formula is C13H13NO5. The average molecular weight is 263 g/mol. The molecule has 0 aliphatic carbocycles. The van der Waals surface area contributed by atoms with Gasteiger partial charge in [0.25, 0.3) is 0 Å². The van der Waals surface area contributed by atoms with E-state index in [4.69, 9.17) is 14.6 Å². The SMILES string of the molecule is COc1cc(OC)c2[nH]c(CC(=O)O)cc(=O)c2c1. The van der Waals surface area contributed by atoms with Crippen molar-refractivity contribution in [3.05, 3.63) is 34.1 Å². The van der Waals surface area contributed by atoms with Crippen molar-refractivity contribution in [3.63, 3.8) is 0 Å². The van der Waals surface area contributed by atoms with E-state index in [1.807, 2.05) is 0 Å². The van der Waals surface area contributed by atoms with Crippen molar-refractivity contribution in [2.75, 3.05) is 14.2 Å². The van der Waals surface area contributed by atoms with Crippen LogP contribution in [0.25, 0.3) is 10.9 Å². The molecule has 0 saturated heterocycles. The Kier molecular flexibility index (Phi) is 3.41. The molecule has 0 unspecified atom stereocenters. The predicted molar refractivity (Wildman–Crippen MR) is 69.0 cm³/mol. The molecule has 0 radical (unpaired) electrons. The summed E-state index contributed by atoms with van der Waals surface area (Å²) in [5, 5.41) is 9.16. The summed E-state index contributed by atoms with van der Waals surface area (Å²) in [6, 6.07) is 4.49. The lowest BCUT2D eigenvalue weighted by atomic mass is 10.1. The van der Waals surface area contributed by atoms with E-state index in [1.54, 1.807) is 12.1 Å². The van der Waals surface area contributed by atoms with Gasteiger partial charge in [-0.15, -0.1) is 0 Å². The van der Waals surface area contributed by atoms with Gasteiger partial charge < -0.3 is 19.6 Å². The van der Waals surface area contributed by atoms with Crippen molar-refractivity contribution in [3.8, 4) is 11.5 Å². The number of carboxylic acids is 1. The number of fused-ring (bicyclic) bond motifs is 1. The van der Waals surface area contributed by atoms with Gasteiger partial charge in [0.2, 0.25) is 0 Å². The van der Waals surface area contributed by atoms with Gasteiger partial charge in [-0.1, -0.05) is 0 Å². The molecule has 19 heavy (non-hydrogen) atoms. The fourth-order valence-electron chi connectivity index (χ4n) is 1.88. The van der Waals surface area contributed by atoms with Crippen molar-refractivity contribution in [1.82, 2.24) is 4.98 Å². The Morgan fingerprint density at radius 3 is 2.58 bits per heavy atom. The number of H-pyrrole nitrogens is 1. The van der Waals surface area contributed by atoms with Gasteiger partial charge in [-0.25, -0.2) is 0 Å². The van der Waals surface area contributed by atoms with Gasteiger partial charge in [0.05, 0.1) is 31.5 Å². The van der Waals surface area contributed by atoms with Gasteiger partial charge in [0, 0.05) is 17.8 Å². The number of aromatic nitrogens is 1. The van der Waals surface area contributed by atoms with Gasteiger partial charge in [-0.3, -0.25) is 9.59 Å². The van der Waals surface area contributed by atoms with Crippen LogP contribution in [0.3, 0.4) is 0 Å². The molecule has 6 nitrogen and oxygen atoms in total. The Morgan fingerprint density at radius 2 is 2.00 bits per heavy atom. The van der Waals surface area contributed by atoms with E-state index < -0.39 is 5.97 Å². The highest BCUT2D eigenvalue weighted by molar-refractivity contribution is 5.86. The van der Waals surface area contributed by atoms with Crippen LogP contribution in [0.4, 0.5) is 0 Å². The topological polar surface area (TPSA) is 88.6 Å². The first-order chi connectivity index (χ1) is 9.05. The number of aliphatic carboxylic acids is 1. The molecule has 0 aliphatic heterocycles. The highest BCUT2D eigenvalue weighted by Crippen LogP contribution is 2.28. The summed E-state index contributed by atoms with van der Waals surface area (Å²) in [6.07, 6.45) is -0.250. The summed E-state index contributed by atoms with van der Waals surface area (Å²) >= 11 is 0. The smallest absolute Gasteiger partial charge is 0.309 e. The number of rotatable bonds is 4. The van der Waals surface area contributed by atoms with Crippen LogP contribution in [-0.4, -0.2) is 30.3 Å². The number of benzene rings is 1. The number of hydrogen-bond acceptors (Lipinski definition) is 4. The van der Waals surface area contributed by atoms with Gasteiger partial charge in [0.1, 0.15) is 11.5 Å². The monoisotopic (exact) mass is 263 g/mol. The van der Waals surface area contributed by atoms with Crippen LogP contribution in [0.2, 0.25) is 0 Å². The summed E-state index contributed by atoms with van der Waals surface area (Å²) in [5.74, 6) is -0.0815. The zero-order valence-corrected chi connectivity index (χ0v) is 10.5. The highest BCUT2D eigenvalue weighted by atomic mass is 16.5. The molecule has 6 heteroatoms. The maximum absolute atomic E-state index is 12.0. The van der Waals surface area contributed by atoms with Crippen molar-refractivity contribution < 1.29 is 19.4 Å². The van der Waals surface area contributed by atoms with E-state index in [-0.39, 0.29) is 11.8 Å². The van der Waals surface area contributed by atoms with Crippen molar-refractivity contribution in [2.45, 2.75) is 6.42 Å². The summed E-state index contributed by atoms with van der Waals surface area (Å²) in [4.78, 5) is 25.6. The first kappa shape index (κ1) is 12.9. The molecule has 2 N–H and O–H groups in total. The van der Waals surface area contributed by atoms with Crippen LogP contribution in [0.15, 0.2) is 23.0 Å². The van der Waals surface area contributed by atoms with Crippen LogP contribution in [-0.2, 0) is 11.2 Å². The van der Waals surface area contributed by atoms with Gasteiger partial charge in [-0.2, -0.15) is 0 Å². The molecule has 0 amide bonds. The first-order valence-corrected chi connectivity index (χ1v) is 5.55. The number of nitrogens with one attached hydrogen (secondary N) is 1. The molecule has 100 valence electrons. The quantitative estimate of drug-likeness (QED) is 0.864. The van der Waals surface area contributed by atoms with Gasteiger partial charge in [-0.05, 0) is 6.07 Å². The molecule has 0 fully saturated rings. The van der Waals surface area contributed by atoms with Crippen LogP contribution >= 0.6 is 0 Å². The van der Waals surface area contributed by atoms with Gasteiger partial charge >= 0.3 is 5.97 Å². The number of carbonyl (C=O) groups is 1. The zero-order chi connectivity index (χ0) is 14.0. The lowest BCUT2D eigenvalue weighted by Crippen LogP contribution is -2.10. The molecule has 0 bridgehead atoms. The summed E-state index contributed by atoms with van der Waals surface area (Å²) in [6.45, 7) is 0. The van der Waals surface area contributed by atoms with Gasteiger partial charge in [0.15, 0.2) is 5.43 Å². The number of hydrogen-bond donors (Lipinski definition) is 2. The predicted octanol–water partition coefficient (Wildman–Crippen LogP) is 1.17. The minimum atomic E-state index is -1.01. The van der Waals surface area contributed by atoms with Crippen molar-refractivity contribution in [1.29, 1.82) is 0 Å². The second-order valence-corrected chi connectivity index (χ2v) is 3.98. The third-order valence-electron chi connectivity index (χ3n) is 2.73. The Labute approximate surface area is 108 Å². The molecule has 2 aromatic rings. The molecule has 2 rings (SSSR count). The second kappa shape index (κ2) is 5.01. The molecule has 1 aromatic carbocycles. The summed E-state index contributed by atoms with van der Waals surface area (Å²) < 4.78 is 10.3. The third kappa shape index (κ3) is 2.52. The fourth-order valence-corrected chi connectivity index (χ4v) is 1.88. The first-order valence-electron chi connectivity index (χ1n) is 5.55. The third-order valence-corrected chi connectivity index (χ3v) is 2.73.